The summed E-state index contributed by atoms with van der Waals surface area (Å²) < 4.78 is 39.8. The Balaban J connectivity index is 1.94. The lowest BCUT2D eigenvalue weighted by molar-refractivity contribution is -0.144. The highest BCUT2D eigenvalue weighted by molar-refractivity contribution is 5.87. The molecule has 0 spiro atoms. The van der Waals surface area contributed by atoms with E-state index in [4.69, 9.17) is 0 Å². The monoisotopic (exact) mass is 331 g/mol. The Morgan fingerprint density at radius 1 is 1.29 bits per heavy atom. The molecule has 0 saturated carbocycles. The van der Waals surface area contributed by atoms with Gasteiger partial charge in [0, 0.05) is 35.1 Å². The normalized spacial score (nSPS) is 12.3. The molecule has 4 aromatic heterocycles. The van der Waals surface area contributed by atoms with Gasteiger partial charge >= 0.3 is 6.18 Å². The smallest absolute Gasteiger partial charge is 0.346 e. The molecule has 4 aromatic rings. The maximum Gasteiger partial charge on any atom is 0.453 e. The minimum absolute atomic E-state index is 0.152. The van der Waals surface area contributed by atoms with Crippen molar-refractivity contribution in [1.29, 1.82) is 0 Å². The lowest BCUT2D eigenvalue weighted by atomic mass is 10.1. The number of nitrogens with zero attached hydrogens (tertiary/aromatic N) is 4. The first kappa shape index (κ1) is 14.7. The molecule has 4 rings (SSSR count). The van der Waals surface area contributed by atoms with Gasteiger partial charge in [0.15, 0.2) is 5.65 Å². The van der Waals surface area contributed by atoms with Crippen LogP contribution < -0.4 is 0 Å². The Bertz CT molecular complexity index is 1040. The van der Waals surface area contributed by atoms with E-state index in [2.05, 4.69) is 20.1 Å². The number of pyridine rings is 2. The molecule has 122 valence electrons. The van der Waals surface area contributed by atoms with E-state index in [9.17, 15) is 13.2 Å². The Morgan fingerprint density at radius 2 is 2.12 bits per heavy atom. The molecule has 0 radical (unpaired) electrons. The number of H-pyrrole nitrogens is 1. The van der Waals surface area contributed by atoms with Crippen molar-refractivity contribution >= 4 is 16.7 Å². The van der Waals surface area contributed by atoms with Crippen LogP contribution in [-0.4, -0.2) is 24.6 Å². The molecule has 0 aliphatic carbocycles. The molecule has 24 heavy (non-hydrogen) atoms. The highest BCUT2D eigenvalue weighted by atomic mass is 19.4. The highest BCUT2D eigenvalue weighted by Gasteiger charge is 2.36. The van der Waals surface area contributed by atoms with Crippen molar-refractivity contribution in [1.82, 2.24) is 24.6 Å². The number of hydrogen-bond acceptors (Lipinski definition) is 3. The van der Waals surface area contributed by atoms with Crippen molar-refractivity contribution in [3.05, 3.63) is 48.2 Å². The quantitative estimate of drug-likeness (QED) is 0.607. The van der Waals surface area contributed by atoms with Crippen molar-refractivity contribution in [2.75, 3.05) is 0 Å². The van der Waals surface area contributed by atoms with Gasteiger partial charge in [-0.15, -0.1) is 5.10 Å². The Morgan fingerprint density at radius 3 is 2.88 bits per heavy atom. The summed E-state index contributed by atoms with van der Waals surface area (Å²) in [6.45, 7) is 2.03. The van der Waals surface area contributed by atoms with Crippen LogP contribution in [0.15, 0.2) is 36.8 Å². The molecule has 1 N–H and O–H groups in total. The van der Waals surface area contributed by atoms with Crippen LogP contribution in [0.5, 0.6) is 0 Å². The van der Waals surface area contributed by atoms with Crippen LogP contribution in [0.3, 0.4) is 0 Å². The maximum atomic E-state index is 12.9. The molecule has 0 aliphatic rings. The van der Waals surface area contributed by atoms with Crippen LogP contribution >= 0.6 is 0 Å². The second-order valence-corrected chi connectivity index (χ2v) is 5.41. The van der Waals surface area contributed by atoms with Crippen molar-refractivity contribution in [2.24, 2.45) is 0 Å². The standard InChI is InChI=1S/C16H12F3N5/c1-2-9-7-20-13-12(9)6-10(8-21-13)11-4-3-5-24-14(11)22-15(23-24)16(17,18)19/h3-8H,2H2,1H3,(H,20,21). The van der Waals surface area contributed by atoms with Gasteiger partial charge in [-0.1, -0.05) is 6.92 Å². The van der Waals surface area contributed by atoms with Gasteiger partial charge < -0.3 is 4.98 Å². The van der Waals surface area contributed by atoms with Gasteiger partial charge in [-0.2, -0.15) is 13.2 Å². The van der Waals surface area contributed by atoms with Crippen LogP contribution in [0.25, 0.3) is 27.8 Å². The van der Waals surface area contributed by atoms with Gasteiger partial charge in [0.25, 0.3) is 5.82 Å². The predicted molar refractivity (Wildman–Crippen MR) is 82.5 cm³/mol. The summed E-state index contributed by atoms with van der Waals surface area (Å²) in [4.78, 5) is 11.1. The van der Waals surface area contributed by atoms with E-state index in [1.165, 1.54) is 6.20 Å². The minimum Gasteiger partial charge on any atom is -0.346 e. The number of nitrogens with one attached hydrogen (secondary N) is 1. The molecule has 5 nitrogen and oxygen atoms in total. The summed E-state index contributed by atoms with van der Waals surface area (Å²) >= 11 is 0. The zero-order chi connectivity index (χ0) is 16.9. The maximum absolute atomic E-state index is 12.9. The molecule has 0 atom stereocenters. The molecule has 4 heterocycles. The first-order valence-electron chi connectivity index (χ1n) is 7.36. The van der Waals surface area contributed by atoms with Crippen LogP contribution in [0, 0.1) is 0 Å². The fourth-order valence-electron chi connectivity index (χ4n) is 2.75. The fraction of sp³-hybridized carbons (Fsp3) is 0.188. The van der Waals surface area contributed by atoms with E-state index >= 15 is 0 Å². The van der Waals surface area contributed by atoms with Crippen molar-refractivity contribution in [3.8, 4) is 11.1 Å². The SMILES string of the molecule is CCc1c[nH]c2ncc(-c3cccn4nc(C(F)(F)F)nc34)cc12. The molecular formula is C16H12F3N5. The molecule has 0 unspecified atom stereocenters. The van der Waals surface area contributed by atoms with Crippen LogP contribution in [-0.2, 0) is 12.6 Å². The van der Waals surface area contributed by atoms with Gasteiger partial charge in [-0.05, 0) is 30.2 Å². The second-order valence-electron chi connectivity index (χ2n) is 5.41. The number of alkyl halides is 3. The summed E-state index contributed by atoms with van der Waals surface area (Å²) in [5.41, 5.74) is 3.25. The average molecular weight is 331 g/mol. The third-order valence-corrected chi connectivity index (χ3v) is 3.92. The van der Waals surface area contributed by atoms with E-state index in [0.717, 1.165) is 27.5 Å². The van der Waals surface area contributed by atoms with Crippen LogP contribution in [0.1, 0.15) is 18.3 Å². The molecule has 0 fully saturated rings. The molecular weight excluding hydrogens is 319 g/mol. The number of aromatic nitrogens is 5. The Kier molecular flexibility index (Phi) is 3.09. The van der Waals surface area contributed by atoms with E-state index < -0.39 is 12.0 Å². The Hall–Kier alpha value is -2.90. The first-order chi connectivity index (χ1) is 11.5. The van der Waals surface area contributed by atoms with Gasteiger partial charge in [0.2, 0.25) is 0 Å². The Labute approximate surface area is 134 Å². The summed E-state index contributed by atoms with van der Waals surface area (Å²) in [6.07, 6.45) is 1.21. The lowest BCUT2D eigenvalue weighted by Crippen LogP contribution is -2.07. The average Bonchev–Trinajstić information content (AvgIpc) is 3.17. The summed E-state index contributed by atoms with van der Waals surface area (Å²) in [6, 6.07) is 5.26. The number of aryl methyl sites for hydroxylation is 1. The number of hydrogen-bond donors (Lipinski definition) is 1. The van der Waals surface area contributed by atoms with E-state index in [-0.39, 0.29) is 5.65 Å². The fourth-order valence-corrected chi connectivity index (χ4v) is 2.75. The molecule has 8 heteroatoms. The third-order valence-electron chi connectivity index (χ3n) is 3.92. The number of halogens is 3. The highest BCUT2D eigenvalue weighted by Crippen LogP contribution is 2.31. The first-order valence-corrected chi connectivity index (χ1v) is 7.36. The lowest BCUT2D eigenvalue weighted by Gasteiger charge is -2.03. The summed E-state index contributed by atoms with van der Waals surface area (Å²) in [7, 11) is 0. The van der Waals surface area contributed by atoms with Gasteiger partial charge in [0.1, 0.15) is 5.65 Å². The van der Waals surface area contributed by atoms with E-state index in [0.29, 0.717) is 11.1 Å². The second kappa shape index (κ2) is 5.05. The predicted octanol–water partition coefficient (Wildman–Crippen LogP) is 3.85. The van der Waals surface area contributed by atoms with Gasteiger partial charge in [0.05, 0.1) is 0 Å². The molecule has 0 aromatic carbocycles. The zero-order valence-corrected chi connectivity index (χ0v) is 12.6. The number of aromatic amines is 1. The largest absolute Gasteiger partial charge is 0.453 e. The third kappa shape index (κ3) is 2.22. The van der Waals surface area contributed by atoms with Gasteiger partial charge in [-0.25, -0.2) is 14.5 Å². The zero-order valence-electron chi connectivity index (χ0n) is 12.6. The van der Waals surface area contributed by atoms with Crippen molar-refractivity contribution < 1.29 is 13.2 Å². The number of fused-ring (bicyclic) bond motifs is 2. The van der Waals surface area contributed by atoms with Gasteiger partial charge in [-0.3, -0.25) is 0 Å². The number of rotatable bonds is 2. The van der Waals surface area contributed by atoms with Crippen molar-refractivity contribution in [2.45, 2.75) is 19.5 Å². The molecule has 0 bridgehead atoms. The summed E-state index contributed by atoms with van der Waals surface area (Å²) in [5.74, 6) is -1.15. The van der Waals surface area contributed by atoms with Crippen LogP contribution in [0.2, 0.25) is 0 Å². The topological polar surface area (TPSA) is 58.9 Å². The molecule has 0 aliphatic heterocycles. The van der Waals surface area contributed by atoms with Crippen molar-refractivity contribution in [3.63, 3.8) is 0 Å². The van der Waals surface area contributed by atoms with Crippen LogP contribution in [0.4, 0.5) is 13.2 Å². The van der Waals surface area contributed by atoms with E-state index in [1.54, 1.807) is 18.3 Å². The molecule has 0 amide bonds. The van der Waals surface area contributed by atoms with E-state index in [1.807, 2.05) is 19.2 Å². The summed E-state index contributed by atoms with van der Waals surface area (Å²) in [5, 5.41) is 4.46. The molecule has 0 saturated heterocycles. The minimum atomic E-state index is -4.58.